The number of aromatic nitrogens is 1. The van der Waals surface area contributed by atoms with Crippen LogP contribution in [0.4, 0.5) is 0 Å². The molecular weight excluding hydrogens is 192 g/mol. The van der Waals surface area contributed by atoms with Crippen molar-refractivity contribution in [2.45, 2.75) is 19.4 Å². The van der Waals surface area contributed by atoms with Crippen molar-refractivity contribution in [1.29, 1.82) is 0 Å². The fraction of sp³-hybridized carbons (Fsp3) is 0.364. The third-order valence-corrected chi connectivity index (χ3v) is 2.24. The van der Waals surface area contributed by atoms with E-state index < -0.39 is 0 Å². The molecule has 1 aromatic rings. The fourth-order valence-electron chi connectivity index (χ4n) is 1.15. The minimum Gasteiger partial charge on any atom is -0.507 e. The van der Waals surface area contributed by atoms with Gasteiger partial charge in [-0.25, -0.2) is 0 Å². The molecule has 4 heteroatoms. The third-order valence-electron chi connectivity index (χ3n) is 2.24. The number of nitrogens with one attached hydrogen (secondary N) is 2. The SMILES string of the molecule is CNC(C)C/C=C/c1c(O)cc[nH]c1=O. The lowest BCUT2D eigenvalue weighted by Gasteiger charge is -2.04. The van der Waals surface area contributed by atoms with Gasteiger partial charge in [0.1, 0.15) is 5.75 Å². The Hall–Kier alpha value is -1.55. The van der Waals surface area contributed by atoms with Crippen LogP contribution in [0.5, 0.6) is 5.75 Å². The van der Waals surface area contributed by atoms with Gasteiger partial charge in [0.25, 0.3) is 5.56 Å². The monoisotopic (exact) mass is 208 g/mol. The highest BCUT2D eigenvalue weighted by molar-refractivity contribution is 5.55. The number of rotatable bonds is 4. The summed E-state index contributed by atoms with van der Waals surface area (Å²) in [5, 5.41) is 12.5. The summed E-state index contributed by atoms with van der Waals surface area (Å²) in [6.07, 6.45) is 5.74. The average molecular weight is 208 g/mol. The van der Waals surface area contributed by atoms with E-state index in [0.29, 0.717) is 11.6 Å². The average Bonchev–Trinajstić information content (AvgIpc) is 2.22. The van der Waals surface area contributed by atoms with Crippen molar-refractivity contribution in [3.8, 4) is 5.75 Å². The molecule has 4 nitrogen and oxygen atoms in total. The Bertz CT molecular complexity index is 396. The van der Waals surface area contributed by atoms with E-state index in [1.54, 1.807) is 6.08 Å². The van der Waals surface area contributed by atoms with E-state index in [1.807, 2.05) is 20.0 Å². The van der Waals surface area contributed by atoms with Gasteiger partial charge in [-0.2, -0.15) is 0 Å². The lowest BCUT2D eigenvalue weighted by molar-refractivity contribution is 0.472. The molecule has 1 atom stereocenters. The molecule has 0 aliphatic heterocycles. The van der Waals surface area contributed by atoms with Crippen LogP contribution in [0.25, 0.3) is 6.08 Å². The first-order valence-electron chi connectivity index (χ1n) is 4.89. The van der Waals surface area contributed by atoms with Gasteiger partial charge >= 0.3 is 0 Å². The number of hydrogen-bond acceptors (Lipinski definition) is 3. The second-order valence-corrected chi connectivity index (χ2v) is 3.43. The molecule has 1 aromatic heterocycles. The van der Waals surface area contributed by atoms with Crippen molar-refractivity contribution in [3.05, 3.63) is 34.3 Å². The topological polar surface area (TPSA) is 65.1 Å². The predicted molar refractivity (Wildman–Crippen MR) is 60.9 cm³/mol. The fourth-order valence-corrected chi connectivity index (χ4v) is 1.15. The van der Waals surface area contributed by atoms with E-state index in [1.165, 1.54) is 12.3 Å². The number of aromatic hydroxyl groups is 1. The summed E-state index contributed by atoms with van der Waals surface area (Å²) in [6, 6.07) is 1.81. The number of H-pyrrole nitrogens is 1. The number of aromatic amines is 1. The van der Waals surface area contributed by atoms with Crippen molar-refractivity contribution in [2.24, 2.45) is 0 Å². The summed E-state index contributed by atoms with van der Waals surface area (Å²) in [5.41, 5.74) is 0.0316. The molecule has 1 unspecified atom stereocenters. The van der Waals surface area contributed by atoms with Crippen LogP contribution in [-0.4, -0.2) is 23.2 Å². The summed E-state index contributed by atoms with van der Waals surface area (Å²) >= 11 is 0. The van der Waals surface area contributed by atoms with Gasteiger partial charge in [-0.1, -0.05) is 6.08 Å². The van der Waals surface area contributed by atoms with Crippen LogP contribution in [0.2, 0.25) is 0 Å². The summed E-state index contributed by atoms with van der Waals surface area (Å²) in [6.45, 7) is 2.04. The lowest BCUT2D eigenvalue weighted by atomic mass is 10.2. The summed E-state index contributed by atoms with van der Waals surface area (Å²) < 4.78 is 0. The maximum Gasteiger partial charge on any atom is 0.258 e. The molecule has 82 valence electrons. The highest BCUT2D eigenvalue weighted by Gasteiger charge is 2.01. The van der Waals surface area contributed by atoms with Crippen molar-refractivity contribution in [2.75, 3.05) is 7.05 Å². The normalized spacial score (nSPS) is 13.2. The van der Waals surface area contributed by atoms with Crippen molar-refractivity contribution in [1.82, 2.24) is 10.3 Å². The molecule has 0 fully saturated rings. The van der Waals surface area contributed by atoms with Crippen LogP contribution < -0.4 is 10.9 Å². The van der Waals surface area contributed by atoms with Crippen LogP contribution in [0.1, 0.15) is 18.9 Å². The molecule has 0 aliphatic rings. The van der Waals surface area contributed by atoms with Crippen LogP contribution >= 0.6 is 0 Å². The minimum atomic E-state index is -0.275. The zero-order valence-corrected chi connectivity index (χ0v) is 8.95. The molecule has 1 heterocycles. The molecular formula is C11H16N2O2. The first-order chi connectivity index (χ1) is 7.15. The van der Waals surface area contributed by atoms with Crippen molar-refractivity contribution < 1.29 is 5.11 Å². The van der Waals surface area contributed by atoms with Gasteiger partial charge in [0.2, 0.25) is 0 Å². The van der Waals surface area contributed by atoms with Crippen molar-refractivity contribution >= 4 is 6.08 Å². The summed E-state index contributed by atoms with van der Waals surface area (Å²) in [7, 11) is 1.88. The molecule has 0 bridgehead atoms. The Labute approximate surface area is 88.7 Å². The standard InChI is InChI=1S/C11H16N2O2/c1-8(12-2)4-3-5-9-10(14)6-7-13-11(9)15/h3,5-8,12H,4H2,1-2H3,(H2,13,14,15)/b5-3+. The van der Waals surface area contributed by atoms with E-state index in [4.69, 9.17) is 0 Å². The van der Waals surface area contributed by atoms with E-state index >= 15 is 0 Å². The largest absolute Gasteiger partial charge is 0.507 e. The zero-order valence-electron chi connectivity index (χ0n) is 8.95. The second-order valence-electron chi connectivity index (χ2n) is 3.43. The van der Waals surface area contributed by atoms with Gasteiger partial charge in [0.05, 0.1) is 5.56 Å². The molecule has 0 saturated carbocycles. The molecule has 3 N–H and O–H groups in total. The van der Waals surface area contributed by atoms with Crippen molar-refractivity contribution in [3.63, 3.8) is 0 Å². The minimum absolute atomic E-state index is 0.00658. The predicted octanol–water partition coefficient (Wildman–Crippen LogP) is 1.09. The molecule has 1 rings (SSSR count). The first kappa shape index (κ1) is 11.5. The quantitative estimate of drug-likeness (QED) is 0.694. The molecule has 0 saturated heterocycles. The lowest BCUT2D eigenvalue weighted by Crippen LogP contribution is -2.19. The molecule has 0 aliphatic carbocycles. The summed E-state index contributed by atoms with van der Waals surface area (Å²) in [5.74, 6) is 0.00658. The van der Waals surface area contributed by atoms with E-state index in [0.717, 1.165) is 6.42 Å². The van der Waals surface area contributed by atoms with Crippen LogP contribution in [0.3, 0.4) is 0 Å². The van der Waals surface area contributed by atoms with Gasteiger partial charge in [0, 0.05) is 12.2 Å². The second kappa shape index (κ2) is 5.36. The number of pyridine rings is 1. The molecule has 0 spiro atoms. The van der Waals surface area contributed by atoms with Gasteiger partial charge in [-0.3, -0.25) is 4.79 Å². The van der Waals surface area contributed by atoms with Gasteiger partial charge in [0.15, 0.2) is 0 Å². The molecule has 0 aromatic carbocycles. The molecule has 0 amide bonds. The highest BCUT2D eigenvalue weighted by Crippen LogP contribution is 2.12. The maximum absolute atomic E-state index is 11.3. The first-order valence-corrected chi connectivity index (χ1v) is 4.89. The number of hydrogen-bond donors (Lipinski definition) is 3. The summed E-state index contributed by atoms with van der Waals surface area (Å²) in [4.78, 5) is 13.8. The zero-order chi connectivity index (χ0) is 11.3. The Morgan fingerprint density at radius 2 is 2.40 bits per heavy atom. The Balaban J connectivity index is 2.76. The maximum atomic E-state index is 11.3. The van der Waals surface area contributed by atoms with Gasteiger partial charge in [-0.15, -0.1) is 0 Å². The molecule has 0 radical (unpaired) electrons. The van der Waals surface area contributed by atoms with Crippen LogP contribution in [0, 0.1) is 0 Å². The molecule has 15 heavy (non-hydrogen) atoms. The Morgan fingerprint density at radius 3 is 3.00 bits per heavy atom. The van der Waals surface area contributed by atoms with Gasteiger partial charge in [-0.05, 0) is 32.5 Å². The van der Waals surface area contributed by atoms with Gasteiger partial charge < -0.3 is 15.4 Å². The Kier molecular flexibility index (Phi) is 4.12. The highest BCUT2D eigenvalue weighted by atomic mass is 16.3. The van der Waals surface area contributed by atoms with E-state index in [2.05, 4.69) is 10.3 Å². The van der Waals surface area contributed by atoms with Crippen LogP contribution in [0.15, 0.2) is 23.1 Å². The smallest absolute Gasteiger partial charge is 0.258 e. The Morgan fingerprint density at radius 1 is 1.67 bits per heavy atom. The van der Waals surface area contributed by atoms with Crippen LogP contribution in [-0.2, 0) is 0 Å². The van der Waals surface area contributed by atoms with E-state index in [9.17, 15) is 9.90 Å². The third kappa shape index (κ3) is 3.25. The van der Waals surface area contributed by atoms with E-state index in [-0.39, 0.29) is 11.3 Å².